The predicted molar refractivity (Wildman–Crippen MR) is 37.9 cm³/mol. The van der Waals surface area contributed by atoms with Crippen LogP contribution < -0.4 is 0 Å². The van der Waals surface area contributed by atoms with Crippen LogP contribution >= 0.6 is 0 Å². The minimum atomic E-state index is -1.14. The van der Waals surface area contributed by atoms with Crippen LogP contribution in [0.5, 0.6) is 0 Å². The molecule has 0 aliphatic heterocycles. The van der Waals surface area contributed by atoms with E-state index in [0.717, 1.165) is 12.0 Å². The molecule has 1 aliphatic rings. The smallest absolute Gasteiger partial charge is 0.156 e. The molecule has 60 valence electrons. The highest BCUT2D eigenvalue weighted by Gasteiger charge is 2.48. The monoisotopic (exact) mass is 155 g/mol. The molecular weight excluding hydrogens is 145 g/mol. The van der Waals surface area contributed by atoms with Crippen LogP contribution in [0.25, 0.3) is 0 Å². The number of alkyl halides is 1. The first-order chi connectivity index (χ1) is 5.26. The van der Waals surface area contributed by atoms with Gasteiger partial charge in [0.15, 0.2) is 5.67 Å². The van der Waals surface area contributed by atoms with Crippen molar-refractivity contribution in [3.8, 4) is 0 Å². The van der Waals surface area contributed by atoms with Gasteiger partial charge in [0.1, 0.15) is 12.0 Å². The predicted octanol–water partition coefficient (Wildman–Crippen LogP) is 2.20. The molecular formula is C8H10FNO. The van der Waals surface area contributed by atoms with Crippen molar-refractivity contribution >= 4 is 0 Å². The number of aryl methyl sites for hydroxylation is 1. The fraction of sp³-hybridized carbons (Fsp3) is 0.625. The van der Waals surface area contributed by atoms with E-state index in [9.17, 15) is 4.39 Å². The van der Waals surface area contributed by atoms with Crippen molar-refractivity contribution in [2.24, 2.45) is 0 Å². The van der Waals surface area contributed by atoms with Gasteiger partial charge in [-0.15, -0.1) is 0 Å². The average molecular weight is 155 g/mol. The third-order valence-electron chi connectivity index (χ3n) is 2.14. The standard InChI is InChI=1S/C8H10FNO/c1-2-6-5-11-10-7(6)8(9)3-4-8/h5H,2-4H2,1H3. The van der Waals surface area contributed by atoms with Crippen LogP contribution in [0.3, 0.4) is 0 Å². The molecule has 2 nitrogen and oxygen atoms in total. The van der Waals surface area contributed by atoms with Gasteiger partial charge < -0.3 is 4.52 Å². The minimum Gasteiger partial charge on any atom is -0.364 e. The third kappa shape index (κ3) is 0.951. The van der Waals surface area contributed by atoms with Crippen molar-refractivity contribution in [2.45, 2.75) is 31.9 Å². The SMILES string of the molecule is CCc1conc1C1(F)CC1. The highest BCUT2D eigenvalue weighted by atomic mass is 19.1. The summed E-state index contributed by atoms with van der Waals surface area (Å²) in [6.07, 6.45) is 3.54. The van der Waals surface area contributed by atoms with Crippen LogP contribution in [0, 0.1) is 0 Å². The van der Waals surface area contributed by atoms with Gasteiger partial charge in [-0.05, 0) is 19.3 Å². The summed E-state index contributed by atoms with van der Waals surface area (Å²) >= 11 is 0. The molecule has 0 spiro atoms. The fourth-order valence-corrected chi connectivity index (χ4v) is 1.22. The molecule has 11 heavy (non-hydrogen) atoms. The number of hydrogen-bond donors (Lipinski definition) is 0. The number of nitrogens with zero attached hydrogens (tertiary/aromatic N) is 1. The number of hydrogen-bond acceptors (Lipinski definition) is 2. The summed E-state index contributed by atoms with van der Waals surface area (Å²) in [6, 6.07) is 0. The van der Waals surface area contributed by atoms with Gasteiger partial charge in [-0.3, -0.25) is 0 Å². The Bertz CT molecular complexity index is 265. The van der Waals surface area contributed by atoms with Gasteiger partial charge in [0.2, 0.25) is 0 Å². The summed E-state index contributed by atoms with van der Waals surface area (Å²) in [6.45, 7) is 1.97. The lowest BCUT2D eigenvalue weighted by Crippen LogP contribution is -2.01. The van der Waals surface area contributed by atoms with E-state index in [0.29, 0.717) is 18.5 Å². The first kappa shape index (κ1) is 6.83. The quantitative estimate of drug-likeness (QED) is 0.654. The molecule has 3 heteroatoms. The maximum Gasteiger partial charge on any atom is 0.156 e. The van der Waals surface area contributed by atoms with Gasteiger partial charge in [-0.25, -0.2) is 4.39 Å². The Balaban J connectivity index is 2.36. The van der Waals surface area contributed by atoms with Crippen molar-refractivity contribution in [2.75, 3.05) is 0 Å². The Labute approximate surface area is 64.4 Å². The van der Waals surface area contributed by atoms with E-state index in [1.165, 1.54) is 6.26 Å². The van der Waals surface area contributed by atoms with Crippen LogP contribution in [-0.4, -0.2) is 5.16 Å². The van der Waals surface area contributed by atoms with Gasteiger partial charge in [0, 0.05) is 5.56 Å². The van der Waals surface area contributed by atoms with Gasteiger partial charge in [0.05, 0.1) is 0 Å². The second kappa shape index (κ2) is 2.06. The van der Waals surface area contributed by atoms with Crippen molar-refractivity contribution < 1.29 is 8.91 Å². The lowest BCUT2D eigenvalue weighted by molar-refractivity contribution is 0.289. The fourth-order valence-electron chi connectivity index (χ4n) is 1.22. The largest absolute Gasteiger partial charge is 0.364 e. The molecule has 0 atom stereocenters. The van der Waals surface area contributed by atoms with Crippen molar-refractivity contribution in [1.82, 2.24) is 5.16 Å². The summed E-state index contributed by atoms with van der Waals surface area (Å²) in [5.74, 6) is 0. The highest BCUT2D eigenvalue weighted by molar-refractivity contribution is 5.26. The van der Waals surface area contributed by atoms with Gasteiger partial charge in [0.25, 0.3) is 0 Å². The van der Waals surface area contributed by atoms with Crippen molar-refractivity contribution in [3.05, 3.63) is 17.5 Å². The molecule has 0 N–H and O–H groups in total. The first-order valence-electron chi connectivity index (χ1n) is 3.89. The molecule has 1 heterocycles. The molecule has 1 aromatic rings. The maximum atomic E-state index is 13.4. The van der Waals surface area contributed by atoms with E-state index in [-0.39, 0.29) is 0 Å². The first-order valence-corrected chi connectivity index (χ1v) is 3.89. The normalized spacial score (nSPS) is 20.2. The van der Waals surface area contributed by atoms with Crippen LogP contribution in [-0.2, 0) is 12.1 Å². The molecule has 0 unspecified atom stereocenters. The van der Waals surface area contributed by atoms with Crippen molar-refractivity contribution in [1.29, 1.82) is 0 Å². The number of rotatable bonds is 2. The summed E-state index contributed by atoms with van der Waals surface area (Å²) in [5, 5.41) is 3.67. The van der Waals surface area contributed by atoms with Crippen LogP contribution in [0.1, 0.15) is 31.0 Å². The summed E-state index contributed by atoms with van der Waals surface area (Å²) in [5.41, 5.74) is 0.295. The number of aromatic nitrogens is 1. The second-order valence-corrected chi connectivity index (χ2v) is 3.01. The van der Waals surface area contributed by atoms with E-state index < -0.39 is 5.67 Å². The minimum absolute atomic E-state index is 0.528. The Morgan fingerprint density at radius 2 is 2.45 bits per heavy atom. The van der Waals surface area contributed by atoms with Crippen LogP contribution in [0.15, 0.2) is 10.8 Å². The Morgan fingerprint density at radius 3 is 3.00 bits per heavy atom. The van der Waals surface area contributed by atoms with E-state index in [1.807, 2.05) is 6.92 Å². The molecule has 0 radical (unpaired) electrons. The average Bonchev–Trinajstić information content (AvgIpc) is 2.61. The molecule has 1 saturated carbocycles. The summed E-state index contributed by atoms with van der Waals surface area (Å²) < 4.78 is 18.1. The van der Waals surface area contributed by atoms with Crippen molar-refractivity contribution in [3.63, 3.8) is 0 Å². The Hall–Kier alpha value is -0.860. The van der Waals surface area contributed by atoms with E-state index >= 15 is 0 Å². The highest BCUT2D eigenvalue weighted by Crippen LogP contribution is 2.49. The van der Waals surface area contributed by atoms with Crippen LogP contribution in [0.4, 0.5) is 4.39 Å². The maximum absolute atomic E-state index is 13.4. The topological polar surface area (TPSA) is 26.0 Å². The zero-order valence-corrected chi connectivity index (χ0v) is 6.43. The molecule has 0 aromatic carbocycles. The summed E-state index contributed by atoms with van der Waals surface area (Å²) in [4.78, 5) is 0. The molecule has 1 fully saturated rings. The van der Waals surface area contributed by atoms with Gasteiger partial charge >= 0.3 is 0 Å². The lowest BCUT2D eigenvalue weighted by Gasteiger charge is -1.99. The molecule has 0 bridgehead atoms. The van der Waals surface area contributed by atoms with Gasteiger partial charge in [-0.1, -0.05) is 12.1 Å². The molecule has 1 aliphatic carbocycles. The van der Waals surface area contributed by atoms with E-state index in [1.54, 1.807) is 0 Å². The van der Waals surface area contributed by atoms with E-state index in [2.05, 4.69) is 5.16 Å². The Kier molecular flexibility index (Phi) is 1.28. The van der Waals surface area contributed by atoms with Crippen LogP contribution in [0.2, 0.25) is 0 Å². The van der Waals surface area contributed by atoms with Gasteiger partial charge in [-0.2, -0.15) is 0 Å². The zero-order chi connectivity index (χ0) is 7.90. The number of halogens is 1. The molecule has 2 rings (SSSR count). The summed E-state index contributed by atoms with van der Waals surface area (Å²) in [7, 11) is 0. The molecule has 0 saturated heterocycles. The molecule has 0 amide bonds. The third-order valence-corrected chi connectivity index (χ3v) is 2.14. The Morgan fingerprint density at radius 1 is 1.73 bits per heavy atom. The second-order valence-electron chi connectivity index (χ2n) is 3.01. The lowest BCUT2D eigenvalue weighted by atomic mass is 10.1. The van der Waals surface area contributed by atoms with E-state index in [4.69, 9.17) is 4.52 Å². The molecule has 1 aromatic heterocycles. The zero-order valence-electron chi connectivity index (χ0n) is 6.43.